The number of Topliss-reactive ketones (excluding diaryl/α,β-unsaturated/α-hetero) is 1. The molecule has 2 aromatic carbocycles. The Morgan fingerprint density at radius 3 is 2.30 bits per heavy atom. The number of anilines is 1. The summed E-state index contributed by atoms with van der Waals surface area (Å²) in [5, 5.41) is 6.86. The van der Waals surface area contributed by atoms with E-state index in [0.717, 1.165) is 5.69 Å². The van der Waals surface area contributed by atoms with Crippen LogP contribution in [0.5, 0.6) is 5.75 Å². The Bertz CT molecular complexity index is 1060. The highest BCUT2D eigenvalue weighted by atomic mass is 16.5. The van der Waals surface area contributed by atoms with Crippen LogP contribution < -0.4 is 10.1 Å². The molecule has 1 N–H and O–H groups in total. The minimum Gasteiger partial charge on any atom is -0.493 e. The van der Waals surface area contributed by atoms with Gasteiger partial charge in [0, 0.05) is 18.2 Å². The number of rotatable bonds is 7. The first-order chi connectivity index (χ1) is 14.4. The molecule has 3 aromatic rings. The molecule has 0 bridgehead atoms. The van der Waals surface area contributed by atoms with Crippen molar-refractivity contribution in [3.8, 4) is 11.4 Å². The van der Waals surface area contributed by atoms with E-state index in [1.54, 1.807) is 30.5 Å². The predicted octanol–water partition coefficient (Wildman–Crippen LogP) is 3.27. The molecule has 0 spiro atoms. The van der Waals surface area contributed by atoms with Crippen molar-refractivity contribution in [1.82, 2.24) is 9.78 Å². The van der Waals surface area contributed by atoms with Gasteiger partial charge in [0.25, 0.3) is 0 Å². The number of aromatic nitrogens is 2. The summed E-state index contributed by atoms with van der Waals surface area (Å²) < 4.78 is 12.1. The number of amides is 1. The number of benzene rings is 2. The number of hydrogen-bond donors (Lipinski definition) is 1. The lowest BCUT2D eigenvalue weighted by Crippen LogP contribution is -2.25. The van der Waals surface area contributed by atoms with Crippen LogP contribution in [0, 0.1) is 0 Å². The van der Waals surface area contributed by atoms with Gasteiger partial charge in [-0.05, 0) is 43.3 Å². The van der Waals surface area contributed by atoms with Gasteiger partial charge in [-0.15, -0.1) is 0 Å². The Hall–Kier alpha value is -3.94. The fourth-order valence-corrected chi connectivity index (χ4v) is 2.79. The highest BCUT2D eigenvalue weighted by Gasteiger charge is 2.25. The van der Waals surface area contributed by atoms with Crippen molar-refractivity contribution in [2.45, 2.75) is 20.0 Å². The highest BCUT2D eigenvalue weighted by Crippen LogP contribution is 2.21. The zero-order chi connectivity index (χ0) is 21.7. The van der Waals surface area contributed by atoms with E-state index in [2.05, 4.69) is 10.4 Å². The quantitative estimate of drug-likeness (QED) is 0.477. The molecular formula is C22H21N3O5. The minimum atomic E-state index is -1.03. The van der Waals surface area contributed by atoms with E-state index in [4.69, 9.17) is 9.47 Å². The topological polar surface area (TPSA) is 99.5 Å². The first kappa shape index (κ1) is 20.8. The second-order valence-electron chi connectivity index (χ2n) is 6.50. The van der Waals surface area contributed by atoms with Gasteiger partial charge in [-0.25, -0.2) is 9.48 Å². The van der Waals surface area contributed by atoms with E-state index in [-0.39, 0.29) is 23.1 Å². The fourth-order valence-electron chi connectivity index (χ4n) is 2.79. The van der Waals surface area contributed by atoms with Gasteiger partial charge in [0.15, 0.2) is 11.9 Å². The first-order valence-electron chi connectivity index (χ1n) is 9.21. The summed E-state index contributed by atoms with van der Waals surface area (Å²) >= 11 is 0. The van der Waals surface area contributed by atoms with Crippen LogP contribution in [-0.4, -0.2) is 40.7 Å². The van der Waals surface area contributed by atoms with Crippen molar-refractivity contribution < 1.29 is 23.9 Å². The van der Waals surface area contributed by atoms with Crippen molar-refractivity contribution in [2.75, 3.05) is 12.4 Å². The molecule has 8 nitrogen and oxygen atoms in total. The molecule has 0 saturated heterocycles. The van der Waals surface area contributed by atoms with Gasteiger partial charge in [-0.2, -0.15) is 5.10 Å². The normalized spacial score (nSPS) is 11.4. The van der Waals surface area contributed by atoms with Gasteiger partial charge >= 0.3 is 5.97 Å². The van der Waals surface area contributed by atoms with Crippen LogP contribution in [0.15, 0.2) is 60.8 Å². The summed E-state index contributed by atoms with van der Waals surface area (Å²) in [6, 6.07) is 15.6. The number of para-hydroxylation sites is 1. The average Bonchev–Trinajstić information content (AvgIpc) is 3.18. The number of esters is 1. The van der Waals surface area contributed by atoms with E-state index in [0.29, 0.717) is 11.3 Å². The summed E-state index contributed by atoms with van der Waals surface area (Å²) in [6.45, 7) is 2.89. The summed E-state index contributed by atoms with van der Waals surface area (Å²) in [7, 11) is 1.42. The third-order valence-electron chi connectivity index (χ3n) is 4.26. The second-order valence-corrected chi connectivity index (χ2v) is 6.50. The van der Waals surface area contributed by atoms with E-state index in [9.17, 15) is 14.4 Å². The van der Waals surface area contributed by atoms with Crippen LogP contribution >= 0.6 is 0 Å². The van der Waals surface area contributed by atoms with E-state index in [1.807, 2.05) is 30.3 Å². The van der Waals surface area contributed by atoms with Gasteiger partial charge in [0.2, 0.25) is 17.4 Å². The third-order valence-corrected chi connectivity index (χ3v) is 4.26. The van der Waals surface area contributed by atoms with Crippen molar-refractivity contribution in [2.24, 2.45) is 0 Å². The smallest absolute Gasteiger partial charge is 0.363 e. The number of carbonyl (C=O) groups excluding carboxylic acids is 3. The molecule has 1 atom stereocenters. The molecule has 0 aliphatic heterocycles. The predicted molar refractivity (Wildman–Crippen MR) is 110 cm³/mol. The lowest BCUT2D eigenvalue weighted by atomic mass is 10.1. The molecule has 3 rings (SSSR count). The largest absolute Gasteiger partial charge is 0.493 e. The van der Waals surface area contributed by atoms with E-state index < -0.39 is 12.1 Å². The molecule has 1 amide bonds. The van der Waals surface area contributed by atoms with Crippen molar-refractivity contribution in [1.29, 1.82) is 0 Å². The minimum absolute atomic E-state index is 0.0259. The highest BCUT2D eigenvalue weighted by molar-refractivity contribution is 6.02. The molecule has 8 heteroatoms. The summed E-state index contributed by atoms with van der Waals surface area (Å²) in [5.41, 5.74) is 1.64. The molecule has 0 fully saturated rings. The molecule has 154 valence electrons. The second kappa shape index (κ2) is 9.04. The summed E-state index contributed by atoms with van der Waals surface area (Å²) in [6.07, 6.45) is 0.537. The number of carbonyl (C=O) groups is 3. The number of methoxy groups -OCH3 is 1. The Labute approximate surface area is 173 Å². The van der Waals surface area contributed by atoms with Crippen LogP contribution in [0.2, 0.25) is 0 Å². The maximum absolute atomic E-state index is 12.6. The zero-order valence-corrected chi connectivity index (χ0v) is 16.8. The van der Waals surface area contributed by atoms with Crippen LogP contribution in [0.4, 0.5) is 5.69 Å². The Morgan fingerprint density at radius 2 is 1.70 bits per heavy atom. The number of ketones is 1. The lowest BCUT2D eigenvalue weighted by molar-refractivity contribution is -0.114. The fraction of sp³-hybridized carbons (Fsp3) is 0.182. The van der Waals surface area contributed by atoms with Crippen LogP contribution in [0.3, 0.4) is 0 Å². The Balaban J connectivity index is 1.73. The molecule has 1 aromatic heterocycles. The van der Waals surface area contributed by atoms with Crippen molar-refractivity contribution in [3.05, 3.63) is 72.1 Å². The van der Waals surface area contributed by atoms with Crippen LogP contribution in [-0.2, 0) is 9.53 Å². The number of nitrogens with one attached hydrogen (secondary N) is 1. The molecule has 0 radical (unpaired) electrons. The third kappa shape index (κ3) is 4.72. The molecule has 30 heavy (non-hydrogen) atoms. The number of hydrogen-bond acceptors (Lipinski definition) is 6. The lowest BCUT2D eigenvalue weighted by Gasteiger charge is -2.12. The van der Waals surface area contributed by atoms with Crippen LogP contribution in [0.25, 0.3) is 5.69 Å². The van der Waals surface area contributed by atoms with Gasteiger partial charge < -0.3 is 14.8 Å². The molecular weight excluding hydrogens is 386 g/mol. The van der Waals surface area contributed by atoms with E-state index >= 15 is 0 Å². The maximum atomic E-state index is 12.6. The van der Waals surface area contributed by atoms with Crippen molar-refractivity contribution in [3.63, 3.8) is 0 Å². The average molecular weight is 407 g/mol. The summed E-state index contributed by atoms with van der Waals surface area (Å²) in [4.78, 5) is 36.3. The molecule has 0 aliphatic carbocycles. The molecule has 0 saturated carbocycles. The standard InChI is InChI=1S/C22H21N3O5/c1-14(21(27)16-9-11-17(12-10-16)23-15(2)26)30-22(28)20-19(29-3)13-25(24-20)18-7-5-4-6-8-18/h4-14H,1-3H3,(H,23,26)/t14-/m1/s1. The summed E-state index contributed by atoms with van der Waals surface area (Å²) in [5.74, 6) is -1.11. The van der Waals surface area contributed by atoms with Gasteiger partial charge in [-0.1, -0.05) is 18.2 Å². The van der Waals surface area contributed by atoms with Gasteiger partial charge in [-0.3, -0.25) is 9.59 Å². The molecule has 1 heterocycles. The SMILES string of the molecule is COc1cn(-c2ccccc2)nc1C(=O)O[C@H](C)C(=O)c1ccc(NC(C)=O)cc1. The number of ether oxygens (including phenoxy) is 2. The zero-order valence-electron chi connectivity index (χ0n) is 16.8. The Morgan fingerprint density at radius 1 is 1.03 bits per heavy atom. The van der Waals surface area contributed by atoms with Crippen molar-refractivity contribution >= 4 is 23.3 Å². The number of nitrogens with zero attached hydrogens (tertiary/aromatic N) is 2. The van der Waals surface area contributed by atoms with E-state index in [1.165, 1.54) is 25.6 Å². The van der Waals surface area contributed by atoms with Gasteiger partial charge in [0.05, 0.1) is 19.0 Å². The monoisotopic (exact) mass is 407 g/mol. The maximum Gasteiger partial charge on any atom is 0.363 e. The Kier molecular flexibility index (Phi) is 6.26. The van der Waals surface area contributed by atoms with Crippen LogP contribution in [0.1, 0.15) is 34.7 Å². The molecule has 0 aliphatic rings. The molecule has 0 unspecified atom stereocenters. The first-order valence-corrected chi connectivity index (χ1v) is 9.21. The van der Waals surface area contributed by atoms with Gasteiger partial charge in [0.1, 0.15) is 0 Å².